The van der Waals surface area contributed by atoms with Crippen molar-refractivity contribution in [3.63, 3.8) is 0 Å². The van der Waals surface area contributed by atoms with Crippen LogP contribution in [0.5, 0.6) is 0 Å². The minimum absolute atomic E-state index is 0.0618. The maximum absolute atomic E-state index is 13.5. The van der Waals surface area contributed by atoms with Crippen molar-refractivity contribution < 1.29 is 13.2 Å². The molecule has 3 heterocycles. The Morgan fingerprint density at radius 3 is 2.35 bits per heavy atom. The molecule has 3 nitrogen and oxygen atoms in total. The Bertz CT molecular complexity index is 1770. The lowest BCUT2D eigenvalue weighted by Gasteiger charge is -2.12. The lowest BCUT2D eigenvalue weighted by atomic mass is 10.0. The van der Waals surface area contributed by atoms with Gasteiger partial charge in [-0.05, 0) is 72.1 Å². The third kappa shape index (κ3) is 4.36. The molecule has 0 atom stereocenters. The minimum atomic E-state index is -4.46. The predicted octanol–water partition coefficient (Wildman–Crippen LogP) is 8.72. The first-order valence-electron chi connectivity index (χ1n) is 11.7. The fraction of sp³-hybridized carbons (Fsp3) is 0.0667. The van der Waals surface area contributed by atoms with Gasteiger partial charge in [-0.2, -0.15) is 13.2 Å². The summed E-state index contributed by atoms with van der Waals surface area (Å²) in [5, 5.41) is 2.18. The second-order valence-corrected chi connectivity index (χ2v) is 9.82. The number of rotatable bonds is 4. The Labute approximate surface area is 215 Å². The Morgan fingerprint density at radius 1 is 0.703 bits per heavy atom. The third-order valence-corrected chi connectivity index (χ3v) is 7.27. The summed E-state index contributed by atoms with van der Waals surface area (Å²) in [5.74, 6) is 0.836. The molecule has 0 saturated heterocycles. The van der Waals surface area contributed by atoms with E-state index in [0.29, 0.717) is 4.90 Å². The summed E-state index contributed by atoms with van der Waals surface area (Å²) < 4.78 is 42.6. The highest BCUT2D eigenvalue weighted by Gasteiger charge is 2.34. The predicted molar refractivity (Wildman–Crippen MR) is 142 cm³/mol. The van der Waals surface area contributed by atoms with Crippen LogP contribution in [-0.4, -0.2) is 14.5 Å². The Balaban J connectivity index is 1.47. The van der Waals surface area contributed by atoms with Crippen LogP contribution in [0.15, 0.2) is 113 Å². The summed E-state index contributed by atoms with van der Waals surface area (Å²) in [4.78, 5) is 9.31. The van der Waals surface area contributed by atoms with E-state index in [1.54, 1.807) is 6.07 Å². The molecule has 0 bridgehead atoms. The van der Waals surface area contributed by atoms with Crippen molar-refractivity contribution in [3.8, 4) is 16.9 Å². The van der Waals surface area contributed by atoms with Gasteiger partial charge in [-0.3, -0.25) is 4.57 Å². The van der Waals surface area contributed by atoms with Gasteiger partial charge < -0.3 is 0 Å². The molecule has 0 aliphatic heterocycles. The summed E-state index contributed by atoms with van der Waals surface area (Å²) in [6.45, 7) is 2.04. The third-order valence-electron chi connectivity index (χ3n) is 6.26. The molecule has 0 aliphatic rings. The molecule has 0 aliphatic carbocycles. The molecule has 0 spiro atoms. The van der Waals surface area contributed by atoms with Crippen molar-refractivity contribution in [3.05, 3.63) is 115 Å². The van der Waals surface area contributed by atoms with Crippen LogP contribution in [0.2, 0.25) is 0 Å². The zero-order valence-electron chi connectivity index (χ0n) is 19.7. The van der Waals surface area contributed by atoms with Crippen molar-refractivity contribution in [1.29, 1.82) is 0 Å². The molecular weight excluding hydrogens is 491 g/mol. The standard InChI is InChI=1S/C30H20F3N3S/c1-19-13-15-34-28(16-19)36-26-10-3-2-8-23(26)24-12-11-21(18-27(24)36)20-6-4-7-22(17-20)37-29-25(30(31,32)33)9-5-14-35-29/h2-18H,1H3. The second-order valence-electron chi connectivity index (χ2n) is 8.76. The van der Waals surface area contributed by atoms with Crippen LogP contribution in [0.3, 0.4) is 0 Å². The first-order chi connectivity index (χ1) is 17.9. The zero-order chi connectivity index (χ0) is 25.6. The number of pyridine rings is 2. The van der Waals surface area contributed by atoms with Gasteiger partial charge in [0.2, 0.25) is 0 Å². The van der Waals surface area contributed by atoms with E-state index in [9.17, 15) is 13.2 Å². The van der Waals surface area contributed by atoms with E-state index in [1.807, 2.05) is 49.5 Å². The number of nitrogens with zero attached hydrogens (tertiary/aromatic N) is 3. The van der Waals surface area contributed by atoms with Gasteiger partial charge in [0, 0.05) is 28.1 Å². The average molecular weight is 512 g/mol. The van der Waals surface area contributed by atoms with Gasteiger partial charge in [0.1, 0.15) is 10.8 Å². The number of hydrogen-bond donors (Lipinski definition) is 0. The van der Waals surface area contributed by atoms with E-state index in [-0.39, 0.29) is 5.03 Å². The van der Waals surface area contributed by atoms with Crippen LogP contribution >= 0.6 is 11.8 Å². The first kappa shape index (κ1) is 23.3. The Morgan fingerprint density at radius 2 is 1.51 bits per heavy atom. The molecule has 0 N–H and O–H groups in total. The monoisotopic (exact) mass is 511 g/mol. The summed E-state index contributed by atoms with van der Waals surface area (Å²) in [5.41, 5.74) is 4.33. The van der Waals surface area contributed by atoms with E-state index in [1.165, 1.54) is 12.3 Å². The van der Waals surface area contributed by atoms with Gasteiger partial charge in [0.05, 0.1) is 16.6 Å². The van der Waals surface area contributed by atoms with Crippen molar-refractivity contribution in [1.82, 2.24) is 14.5 Å². The van der Waals surface area contributed by atoms with Gasteiger partial charge in [-0.25, -0.2) is 9.97 Å². The second kappa shape index (κ2) is 9.09. The highest BCUT2D eigenvalue weighted by molar-refractivity contribution is 7.99. The van der Waals surface area contributed by atoms with Gasteiger partial charge in [0.25, 0.3) is 0 Å². The van der Waals surface area contributed by atoms with E-state index in [0.717, 1.165) is 62.1 Å². The van der Waals surface area contributed by atoms with Crippen LogP contribution in [0.4, 0.5) is 13.2 Å². The molecule has 0 unspecified atom stereocenters. The van der Waals surface area contributed by atoms with Crippen molar-refractivity contribution >= 4 is 33.6 Å². The Kier molecular flexibility index (Phi) is 5.72. The molecule has 182 valence electrons. The number of para-hydroxylation sites is 1. The molecule has 0 radical (unpaired) electrons. The number of aromatic nitrogens is 3. The molecule has 3 aromatic carbocycles. The number of halogens is 3. The molecular formula is C30H20F3N3S. The molecule has 6 rings (SSSR count). The van der Waals surface area contributed by atoms with Crippen LogP contribution < -0.4 is 0 Å². The smallest absolute Gasteiger partial charge is 0.294 e. The molecule has 3 aromatic heterocycles. The quantitative estimate of drug-likeness (QED) is 0.237. The average Bonchev–Trinajstić information content (AvgIpc) is 3.22. The van der Waals surface area contributed by atoms with Crippen LogP contribution in [0.25, 0.3) is 38.8 Å². The molecule has 0 fully saturated rings. The van der Waals surface area contributed by atoms with Gasteiger partial charge >= 0.3 is 6.18 Å². The highest BCUT2D eigenvalue weighted by Crippen LogP contribution is 2.40. The molecule has 0 saturated carbocycles. The summed E-state index contributed by atoms with van der Waals surface area (Å²) in [6, 6.07) is 28.4. The summed E-state index contributed by atoms with van der Waals surface area (Å²) in [6.07, 6.45) is -1.27. The zero-order valence-corrected chi connectivity index (χ0v) is 20.5. The lowest BCUT2D eigenvalue weighted by molar-refractivity contribution is -0.140. The van der Waals surface area contributed by atoms with Crippen molar-refractivity contribution in [2.45, 2.75) is 23.0 Å². The maximum Gasteiger partial charge on any atom is 0.419 e. The minimum Gasteiger partial charge on any atom is -0.294 e. The Hall–Kier alpha value is -4.10. The van der Waals surface area contributed by atoms with Crippen molar-refractivity contribution in [2.24, 2.45) is 0 Å². The number of benzene rings is 3. The number of alkyl halides is 3. The molecule has 0 amide bonds. The van der Waals surface area contributed by atoms with Crippen LogP contribution in [-0.2, 0) is 6.18 Å². The van der Waals surface area contributed by atoms with Crippen LogP contribution in [0.1, 0.15) is 11.1 Å². The molecule has 7 heteroatoms. The van der Waals surface area contributed by atoms with Gasteiger partial charge in [-0.1, -0.05) is 54.2 Å². The normalized spacial score (nSPS) is 11.9. The van der Waals surface area contributed by atoms with E-state index in [2.05, 4.69) is 50.9 Å². The van der Waals surface area contributed by atoms with E-state index < -0.39 is 11.7 Å². The topological polar surface area (TPSA) is 30.7 Å². The first-order valence-corrected chi connectivity index (χ1v) is 12.5. The van der Waals surface area contributed by atoms with Crippen LogP contribution in [0, 0.1) is 6.92 Å². The van der Waals surface area contributed by atoms with E-state index in [4.69, 9.17) is 0 Å². The SMILES string of the molecule is Cc1ccnc(-n2c3ccccc3c3ccc(-c4cccc(Sc5ncccc5C(F)(F)F)c4)cc32)c1. The molecule has 6 aromatic rings. The van der Waals surface area contributed by atoms with Gasteiger partial charge in [-0.15, -0.1) is 0 Å². The number of aryl methyl sites for hydroxylation is 1. The summed E-state index contributed by atoms with van der Waals surface area (Å²) in [7, 11) is 0. The molecule has 37 heavy (non-hydrogen) atoms. The van der Waals surface area contributed by atoms with Crippen molar-refractivity contribution in [2.75, 3.05) is 0 Å². The number of hydrogen-bond acceptors (Lipinski definition) is 3. The highest BCUT2D eigenvalue weighted by atomic mass is 32.2. The maximum atomic E-state index is 13.5. The largest absolute Gasteiger partial charge is 0.419 e. The fourth-order valence-electron chi connectivity index (χ4n) is 4.58. The van der Waals surface area contributed by atoms with Gasteiger partial charge in [0.15, 0.2) is 0 Å². The van der Waals surface area contributed by atoms with E-state index >= 15 is 0 Å². The number of fused-ring (bicyclic) bond motifs is 3. The lowest BCUT2D eigenvalue weighted by Crippen LogP contribution is -2.07. The fourth-order valence-corrected chi connectivity index (χ4v) is 5.54. The summed E-state index contributed by atoms with van der Waals surface area (Å²) >= 11 is 1.01.